The normalized spacial score (nSPS) is 11.5. The summed E-state index contributed by atoms with van der Waals surface area (Å²) in [4.78, 5) is 0. The summed E-state index contributed by atoms with van der Waals surface area (Å²) >= 11 is 4.73. The number of hydrogen-bond donors (Lipinski definition) is 0. The molecule has 0 unspecified atom stereocenters. The molecule has 0 aliphatic heterocycles. The van der Waals surface area contributed by atoms with E-state index in [1.807, 2.05) is 6.07 Å². The van der Waals surface area contributed by atoms with Gasteiger partial charge in [-0.25, -0.2) is 0 Å². The van der Waals surface area contributed by atoms with Crippen LogP contribution >= 0.6 is 11.9 Å². The summed E-state index contributed by atoms with van der Waals surface area (Å²) in [6.45, 7) is 1.96. The van der Waals surface area contributed by atoms with E-state index in [1.54, 1.807) is 6.92 Å². The third-order valence-corrected chi connectivity index (χ3v) is 2.93. The van der Waals surface area contributed by atoms with Crippen molar-refractivity contribution in [2.45, 2.75) is 13.3 Å². The van der Waals surface area contributed by atoms with Crippen LogP contribution in [-0.2, 0) is 14.0 Å². The van der Waals surface area contributed by atoms with Gasteiger partial charge in [0.25, 0.3) is 0 Å². The van der Waals surface area contributed by atoms with E-state index in [-0.39, 0.29) is 19.5 Å². The molecular weight excluding hydrogens is 204 g/mol. The lowest BCUT2D eigenvalue weighted by Gasteiger charge is -2.14. The van der Waals surface area contributed by atoms with Gasteiger partial charge in [-0.05, 0) is 0 Å². The standard InChI is InChI=1S/C5H9ClN2O3S/c1-2-8(5-3-4-7)12(9,10)11-6/h2-3,5H2,1H3. The fourth-order valence-electron chi connectivity index (χ4n) is 0.643. The number of nitrogens with zero attached hydrogens (tertiary/aromatic N) is 2. The van der Waals surface area contributed by atoms with E-state index in [0.29, 0.717) is 0 Å². The topological polar surface area (TPSA) is 70.4 Å². The van der Waals surface area contributed by atoms with Gasteiger partial charge in [-0.1, -0.05) is 6.92 Å². The van der Waals surface area contributed by atoms with Crippen molar-refractivity contribution in [3.63, 3.8) is 0 Å². The van der Waals surface area contributed by atoms with Crippen molar-refractivity contribution in [1.82, 2.24) is 4.31 Å². The molecule has 0 radical (unpaired) electrons. The Kier molecular flexibility index (Phi) is 5.17. The molecule has 0 atom stereocenters. The van der Waals surface area contributed by atoms with Crippen LogP contribution < -0.4 is 0 Å². The van der Waals surface area contributed by atoms with Crippen LogP contribution in [0.25, 0.3) is 0 Å². The van der Waals surface area contributed by atoms with Crippen LogP contribution in [0.15, 0.2) is 0 Å². The molecule has 0 heterocycles. The summed E-state index contributed by atoms with van der Waals surface area (Å²) in [6.07, 6.45) is 0.118. The largest absolute Gasteiger partial charge is 0.354 e. The minimum atomic E-state index is -3.83. The third kappa shape index (κ3) is 3.36. The van der Waals surface area contributed by atoms with Crippen LogP contribution in [0.2, 0.25) is 0 Å². The molecule has 0 aliphatic carbocycles. The zero-order valence-electron chi connectivity index (χ0n) is 6.53. The Morgan fingerprint density at radius 1 is 1.67 bits per heavy atom. The van der Waals surface area contributed by atoms with E-state index in [0.717, 1.165) is 4.31 Å². The highest BCUT2D eigenvalue weighted by molar-refractivity contribution is 7.85. The molecule has 0 amide bonds. The fourth-order valence-corrected chi connectivity index (χ4v) is 1.59. The number of hydrogen-bond acceptors (Lipinski definition) is 4. The van der Waals surface area contributed by atoms with E-state index < -0.39 is 10.3 Å². The molecule has 0 bridgehead atoms. The van der Waals surface area contributed by atoms with Crippen molar-refractivity contribution in [3.05, 3.63) is 0 Å². The number of halogens is 1. The van der Waals surface area contributed by atoms with Crippen molar-refractivity contribution >= 4 is 22.2 Å². The van der Waals surface area contributed by atoms with Crippen LogP contribution in [0.5, 0.6) is 0 Å². The molecule has 0 N–H and O–H groups in total. The lowest BCUT2D eigenvalue weighted by atomic mass is 10.5. The van der Waals surface area contributed by atoms with E-state index >= 15 is 0 Å². The predicted molar refractivity (Wildman–Crippen MR) is 43.3 cm³/mol. The van der Waals surface area contributed by atoms with Crippen LogP contribution in [0.3, 0.4) is 0 Å². The molecule has 0 saturated heterocycles. The van der Waals surface area contributed by atoms with Gasteiger partial charge in [0.15, 0.2) is 0 Å². The summed E-state index contributed by atoms with van der Waals surface area (Å²) in [5.41, 5.74) is 0. The zero-order chi connectivity index (χ0) is 9.61. The zero-order valence-corrected chi connectivity index (χ0v) is 8.10. The van der Waals surface area contributed by atoms with Gasteiger partial charge in [0.05, 0.1) is 17.9 Å². The van der Waals surface area contributed by atoms with Crippen LogP contribution in [0, 0.1) is 11.3 Å². The minimum absolute atomic E-state index is 0.0993. The Balaban J connectivity index is 4.27. The van der Waals surface area contributed by atoms with E-state index in [1.165, 1.54) is 0 Å². The smallest absolute Gasteiger partial charge is 0.198 e. The summed E-state index contributed by atoms with van der Waals surface area (Å²) in [5, 5.41) is 8.20. The maximum absolute atomic E-state index is 10.9. The van der Waals surface area contributed by atoms with Gasteiger partial charge in [0.2, 0.25) is 0 Å². The summed E-state index contributed by atoms with van der Waals surface area (Å²) in [6, 6.07) is 1.82. The lowest BCUT2D eigenvalue weighted by molar-refractivity contribution is 0.380. The van der Waals surface area contributed by atoms with Crippen molar-refractivity contribution in [2.75, 3.05) is 13.1 Å². The van der Waals surface area contributed by atoms with Crippen LogP contribution in [0.4, 0.5) is 0 Å². The van der Waals surface area contributed by atoms with E-state index in [9.17, 15) is 8.42 Å². The summed E-state index contributed by atoms with van der Waals surface area (Å²) in [5.74, 6) is 0. The molecule has 0 aromatic rings. The monoisotopic (exact) mass is 212 g/mol. The highest BCUT2D eigenvalue weighted by atomic mass is 35.5. The second-order valence-electron chi connectivity index (χ2n) is 1.92. The molecule has 0 saturated carbocycles. The summed E-state index contributed by atoms with van der Waals surface area (Å²) < 4.78 is 26.5. The average molecular weight is 213 g/mol. The molecular formula is C5H9ClN2O3S. The van der Waals surface area contributed by atoms with Crippen molar-refractivity contribution in [2.24, 2.45) is 0 Å². The van der Waals surface area contributed by atoms with Gasteiger partial charge in [-0.2, -0.15) is 18.0 Å². The van der Waals surface area contributed by atoms with Crippen molar-refractivity contribution in [1.29, 1.82) is 5.26 Å². The third-order valence-electron chi connectivity index (χ3n) is 1.22. The molecule has 0 aromatic carbocycles. The fraction of sp³-hybridized carbons (Fsp3) is 0.800. The molecule has 70 valence electrons. The van der Waals surface area contributed by atoms with Gasteiger partial charge >= 0.3 is 10.3 Å². The molecule has 0 fully saturated rings. The quantitative estimate of drug-likeness (QED) is 0.671. The first-order chi connectivity index (χ1) is 5.58. The Morgan fingerprint density at radius 2 is 2.25 bits per heavy atom. The molecule has 0 aromatic heterocycles. The van der Waals surface area contributed by atoms with Gasteiger partial charge in [0, 0.05) is 19.5 Å². The van der Waals surface area contributed by atoms with Crippen molar-refractivity contribution < 1.29 is 12.2 Å². The highest BCUT2D eigenvalue weighted by Crippen LogP contribution is 2.05. The molecule has 5 nitrogen and oxygen atoms in total. The van der Waals surface area contributed by atoms with Gasteiger partial charge in [-0.15, -0.1) is 3.74 Å². The maximum atomic E-state index is 10.9. The highest BCUT2D eigenvalue weighted by Gasteiger charge is 2.19. The number of rotatable bonds is 5. The molecule has 7 heteroatoms. The van der Waals surface area contributed by atoms with E-state index in [2.05, 4.69) is 3.74 Å². The van der Waals surface area contributed by atoms with E-state index in [4.69, 9.17) is 17.1 Å². The Bertz CT molecular complexity index is 258. The first-order valence-electron chi connectivity index (χ1n) is 3.25. The van der Waals surface area contributed by atoms with Crippen LogP contribution in [0.1, 0.15) is 13.3 Å². The van der Waals surface area contributed by atoms with Gasteiger partial charge in [-0.3, -0.25) is 0 Å². The second-order valence-corrected chi connectivity index (χ2v) is 3.80. The van der Waals surface area contributed by atoms with Gasteiger partial charge in [0.1, 0.15) is 0 Å². The lowest BCUT2D eigenvalue weighted by Crippen LogP contribution is -2.31. The maximum Gasteiger partial charge on any atom is 0.354 e. The van der Waals surface area contributed by atoms with Crippen molar-refractivity contribution in [3.8, 4) is 6.07 Å². The summed E-state index contributed by atoms with van der Waals surface area (Å²) in [7, 11) is -3.83. The second kappa shape index (κ2) is 5.32. The molecule has 0 aliphatic rings. The molecule has 12 heavy (non-hydrogen) atoms. The van der Waals surface area contributed by atoms with Crippen LogP contribution in [-0.4, -0.2) is 25.8 Å². The first-order valence-corrected chi connectivity index (χ1v) is 4.93. The molecule has 0 rings (SSSR count). The predicted octanol–water partition coefficient (Wildman–Crippen LogP) is 0.637. The first kappa shape index (κ1) is 11.6. The Morgan fingerprint density at radius 3 is 2.58 bits per heavy atom. The van der Waals surface area contributed by atoms with Gasteiger partial charge < -0.3 is 0 Å². The Labute approximate surface area is 76.9 Å². The minimum Gasteiger partial charge on any atom is -0.198 e. The Hall–Kier alpha value is -0.350. The number of nitriles is 1. The molecule has 0 spiro atoms. The average Bonchev–Trinajstić information content (AvgIpc) is 2.05. The SMILES string of the molecule is CCN(CCC#N)S(=O)(=O)OCl.